The third-order valence-electron chi connectivity index (χ3n) is 2.84. The van der Waals surface area contributed by atoms with Crippen LogP contribution in [0.15, 0.2) is 0 Å². The summed E-state index contributed by atoms with van der Waals surface area (Å²) in [4.78, 5) is 11.2. The van der Waals surface area contributed by atoms with Crippen molar-refractivity contribution in [1.29, 1.82) is 0 Å². The molecule has 0 aromatic carbocycles. The minimum absolute atomic E-state index is 0.0438. The van der Waals surface area contributed by atoms with Crippen LogP contribution in [-0.2, 0) is 4.79 Å². The molecule has 3 N–H and O–H groups in total. The SMILES string of the molecule is CCCCCCC(C)(NC(C)CO)C(=O)O. The Hall–Kier alpha value is -0.610. The summed E-state index contributed by atoms with van der Waals surface area (Å²) in [6.07, 6.45) is 4.86. The summed E-state index contributed by atoms with van der Waals surface area (Å²) in [6, 6.07) is -0.188. The number of rotatable bonds is 9. The zero-order chi connectivity index (χ0) is 12.6. The van der Waals surface area contributed by atoms with E-state index < -0.39 is 11.5 Å². The Balaban J connectivity index is 4.17. The molecule has 4 nitrogen and oxygen atoms in total. The summed E-state index contributed by atoms with van der Waals surface area (Å²) in [5, 5.41) is 21.1. The summed E-state index contributed by atoms with van der Waals surface area (Å²) in [7, 11) is 0. The van der Waals surface area contributed by atoms with Crippen molar-refractivity contribution in [3.8, 4) is 0 Å². The van der Waals surface area contributed by atoms with Crippen LogP contribution in [0, 0.1) is 0 Å². The zero-order valence-corrected chi connectivity index (χ0v) is 10.6. The van der Waals surface area contributed by atoms with Crippen molar-refractivity contribution in [3.63, 3.8) is 0 Å². The number of hydrogen-bond acceptors (Lipinski definition) is 3. The Morgan fingerprint density at radius 1 is 1.38 bits per heavy atom. The van der Waals surface area contributed by atoms with E-state index in [0.717, 1.165) is 25.7 Å². The first-order chi connectivity index (χ1) is 7.46. The van der Waals surface area contributed by atoms with Gasteiger partial charge in [-0.05, 0) is 20.3 Å². The van der Waals surface area contributed by atoms with Crippen LogP contribution in [0.4, 0.5) is 0 Å². The predicted octanol–water partition coefficient (Wildman–Crippen LogP) is 1.77. The number of aliphatic carboxylic acids is 1. The van der Waals surface area contributed by atoms with E-state index in [2.05, 4.69) is 12.2 Å². The van der Waals surface area contributed by atoms with E-state index in [1.54, 1.807) is 13.8 Å². The maximum Gasteiger partial charge on any atom is 0.323 e. The van der Waals surface area contributed by atoms with Crippen LogP contribution in [0.5, 0.6) is 0 Å². The Labute approximate surface area is 98.1 Å². The van der Waals surface area contributed by atoms with E-state index in [1.165, 1.54) is 0 Å². The second-order valence-corrected chi connectivity index (χ2v) is 4.68. The summed E-state index contributed by atoms with van der Waals surface area (Å²) < 4.78 is 0. The van der Waals surface area contributed by atoms with Gasteiger partial charge in [0.05, 0.1) is 6.61 Å². The van der Waals surface area contributed by atoms with Gasteiger partial charge in [0.2, 0.25) is 0 Å². The third kappa shape index (κ3) is 5.47. The molecule has 0 bridgehead atoms. The molecule has 2 atom stereocenters. The highest BCUT2D eigenvalue weighted by Crippen LogP contribution is 2.16. The van der Waals surface area contributed by atoms with Crippen molar-refractivity contribution in [2.75, 3.05) is 6.61 Å². The average Bonchev–Trinajstić information content (AvgIpc) is 2.24. The minimum atomic E-state index is -0.921. The Morgan fingerprint density at radius 2 is 2.00 bits per heavy atom. The quantitative estimate of drug-likeness (QED) is 0.529. The Kier molecular flexibility index (Phi) is 7.34. The van der Waals surface area contributed by atoms with Crippen LogP contribution >= 0.6 is 0 Å². The molecule has 0 heterocycles. The van der Waals surface area contributed by atoms with Crippen LogP contribution in [0.1, 0.15) is 52.9 Å². The molecule has 0 aromatic rings. The van der Waals surface area contributed by atoms with Gasteiger partial charge in [-0.1, -0.05) is 32.6 Å². The first kappa shape index (κ1) is 15.4. The van der Waals surface area contributed by atoms with Crippen LogP contribution in [0.3, 0.4) is 0 Å². The molecule has 0 spiro atoms. The van der Waals surface area contributed by atoms with Crippen LogP contribution in [-0.4, -0.2) is 34.4 Å². The number of unbranched alkanes of at least 4 members (excludes halogenated alkanes) is 3. The second kappa shape index (κ2) is 7.63. The fourth-order valence-electron chi connectivity index (χ4n) is 1.74. The normalized spacial score (nSPS) is 16.8. The first-order valence-electron chi connectivity index (χ1n) is 6.08. The molecule has 0 fully saturated rings. The molecule has 0 aromatic heterocycles. The summed E-state index contributed by atoms with van der Waals surface area (Å²) in [6.45, 7) is 5.56. The van der Waals surface area contributed by atoms with Gasteiger partial charge in [-0.3, -0.25) is 10.1 Å². The number of carboxylic acids is 1. The van der Waals surface area contributed by atoms with Crippen LogP contribution < -0.4 is 5.32 Å². The molecule has 0 aliphatic carbocycles. The number of nitrogens with one attached hydrogen (secondary N) is 1. The van der Waals surface area contributed by atoms with Gasteiger partial charge < -0.3 is 10.2 Å². The molecular weight excluding hydrogens is 206 g/mol. The Morgan fingerprint density at radius 3 is 2.44 bits per heavy atom. The minimum Gasteiger partial charge on any atom is -0.480 e. The lowest BCUT2D eigenvalue weighted by Gasteiger charge is -2.29. The van der Waals surface area contributed by atoms with E-state index in [9.17, 15) is 9.90 Å². The highest BCUT2D eigenvalue weighted by Gasteiger charge is 2.33. The number of carbonyl (C=O) groups is 1. The van der Waals surface area contributed by atoms with E-state index >= 15 is 0 Å². The van der Waals surface area contributed by atoms with Crippen molar-refractivity contribution < 1.29 is 15.0 Å². The Bertz CT molecular complexity index is 208. The van der Waals surface area contributed by atoms with Gasteiger partial charge >= 0.3 is 5.97 Å². The molecule has 16 heavy (non-hydrogen) atoms. The van der Waals surface area contributed by atoms with E-state index in [4.69, 9.17) is 5.11 Å². The second-order valence-electron chi connectivity index (χ2n) is 4.68. The maximum absolute atomic E-state index is 11.2. The van der Waals surface area contributed by atoms with Crippen LogP contribution in [0.25, 0.3) is 0 Å². The summed E-state index contributed by atoms with van der Waals surface area (Å²) >= 11 is 0. The van der Waals surface area contributed by atoms with E-state index in [-0.39, 0.29) is 12.6 Å². The summed E-state index contributed by atoms with van der Waals surface area (Å²) in [5.41, 5.74) is -0.921. The number of aliphatic hydroxyl groups excluding tert-OH is 1. The molecule has 2 unspecified atom stereocenters. The third-order valence-corrected chi connectivity index (χ3v) is 2.84. The van der Waals surface area contributed by atoms with E-state index in [0.29, 0.717) is 6.42 Å². The molecular formula is C12H25NO3. The predicted molar refractivity (Wildman–Crippen MR) is 64.5 cm³/mol. The molecule has 0 aliphatic rings. The van der Waals surface area contributed by atoms with Gasteiger partial charge in [-0.25, -0.2) is 0 Å². The van der Waals surface area contributed by atoms with Crippen molar-refractivity contribution in [2.45, 2.75) is 64.5 Å². The molecule has 0 saturated carbocycles. The summed E-state index contributed by atoms with van der Waals surface area (Å²) in [5.74, 6) is -0.843. The maximum atomic E-state index is 11.2. The first-order valence-corrected chi connectivity index (χ1v) is 6.08. The largest absolute Gasteiger partial charge is 0.480 e. The number of carboxylic acid groups (broad SMARTS) is 1. The van der Waals surface area contributed by atoms with Crippen molar-refractivity contribution >= 4 is 5.97 Å². The van der Waals surface area contributed by atoms with E-state index in [1.807, 2.05) is 0 Å². The molecule has 0 radical (unpaired) electrons. The number of aliphatic hydroxyl groups is 1. The topological polar surface area (TPSA) is 69.6 Å². The highest BCUT2D eigenvalue weighted by molar-refractivity contribution is 5.78. The van der Waals surface area contributed by atoms with Crippen molar-refractivity contribution in [3.05, 3.63) is 0 Å². The van der Waals surface area contributed by atoms with Gasteiger partial charge in [-0.15, -0.1) is 0 Å². The highest BCUT2D eigenvalue weighted by atomic mass is 16.4. The molecule has 0 amide bonds. The lowest BCUT2D eigenvalue weighted by atomic mass is 9.93. The smallest absolute Gasteiger partial charge is 0.323 e. The standard InChI is InChI=1S/C12H25NO3/c1-4-5-6-7-8-12(3,11(15)16)13-10(2)9-14/h10,13-14H,4-9H2,1-3H3,(H,15,16). The molecule has 0 rings (SSSR count). The lowest BCUT2D eigenvalue weighted by Crippen LogP contribution is -2.54. The van der Waals surface area contributed by atoms with Gasteiger partial charge in [0.1, 0.15) is 5.54 Å². The van der Waals surface area contributed by atoms with Crippen molar-refractivity contribution in [2.24, 2.45) is 0 Å². The zero-order valence-electron chi connectivity index (χ0n) is 10.6. The van der Waals surface area contributed by atoms with Crippen LogP contribution in [0.2, 0.25) is 0 Å². The van der Waals surface area contributed by atoms with Gasteiger partial charge in [0.25, 0.3) is 0 Å². The number of hydrogen-bond donors (Lipinski definition) is 3. The lowest BCUT2D eigenvalue weighted by molar-refractivity contribution is -0.145. The van der Waals surface area contributed by atoms with Gasteiger partial charge in [0, 0.05) is 6.04 Å². The average molecular weight is 231 g/mol. The van der Waals surface area contributed by atoms with Gasteiger partial charge in [0.15, 0.2) is 0 Å². The molecule has 4 heteroatoms. The molecule has 96 valence electrons. The van der Waals surface area contributed by atoms with Crippen molar-refractivity contribution in [1.82, 2.24) is 5.32 Å². The fourth-order valence-corrected chi connectivity index (χ4v) is 1.74. The monoisotopic (exact) mass is 231 g/mol. The molecule has 0 saturated heterocycles. The molecule has 0 aliphatic heterocycles. The fraction of sp³-hybridized carbons (Fsp3) is 0.917. The van der Waals surface area contributed by atoms with Gasteiger partial charge in [-0.2, -0.15) is 0 Å².